The maximum Gasteiger partial charge on any atom is 0.341 e. The van der Waals surface area contributed by atoms with Gasteiger partial charge in [-0.1, -0.05) is 18.1 Å². The summed E-state index contributed by atoms with van der Waals surface area (Å²) in [5.41, 5.74) is 0.552. The van der Waals surface area contributed by atoms with Crippen molar-refractivity contribution >= 4 is 17.6 Å². The van der Waals surface area contributed by atoms with E-state index >= 15 is 0 Å². The topological polar surface area (TPSA) is 115 Å². The number of carbonyl (C=O) groups excluding carboxylic acids is 1. The van der Waals surface area contributed by atoms with Crippen molar-refractivity contribution in [1.29, 1.82) is 0 Å². The minimum Gasteiger partial charge on any atom is -0.482 e. The van der Waals surface area contributed by atoms with Crippen LogP contribution in [0.3, 0.4) is 0 Å². The fourth-order valence-electron chi connectivity index (χ4n) is 2.15. The number of nitrogens with zero attached hydrogens (tertiary/aromatic N) is 2. The third-order valence-corrected chi connectivity index (χ3v) is 3.26. The van der Waals surface area contributed by atoms with Gasteiger partial charge < -0.3 is 19.7 Å². The van der Waals surface area contributed by atoms with Crippen LogP contribution in [0.5, 0.6) is 5.75 Å². The third-order valence-electron chi connectivity index (χ3n) is 3.26. The molecule has 2 rings (SSSR count). The van der Waals surface area contributed by atoms with Gasteiger partial charge in [0.05, 0.1) is 0 Å². The summed E-state index contributed by atoms with van der Waals surface area (Å²) in [6.07, 6.45) is 3.19. The van der Waals surface area contributed by atoms with Gasteiger partial charge in [0.2, 0.25) is 11.8 Å². The number of amides is 1. The highest BCUT2D eigenvalue weighted by atomic mass is 16.5. The van der Waals surface area contributed by atoms with Gasteiger partial charge in [-0.15, -0.1) is 0 Å². The summed E-state index contributed by atoms with van der Waals surface area (Å²) in [7, 11) is 0. The number of aromatic nitrogens is 2. The number of nitrogens with one attached hydrogen (secondary N) is 1. The number of ether oxygens (including phenoxy) is 1. The Hall–Kier alpha value is -2.90. The number of carboxylic acid groups (broad SMARTS) is 1. The van der Waals surface area contributed by atoms with Gasteiger partial charge in [0.15, 0.2) is 12.4 Å². The molecular formula is C17H21N3O5. The van der Waals surface area contributed by atoms with Gasteiger partial charge in [-0.3, -0.25) is 4.79 Å². The summed E-state index contributed by atoms with van der Waals surface area (Å²) in [5, 5.41) is 15.2. The van der Waals surface area contributed by atoms with E-state index in [4.69, 9.17) is 14.4 Å². The van der Waals surface area contributed by atoms with E-state index in [-0.39, 0.29) is 5.91 Å². The second-order valence-electron chi connectivity index (χ2n) is 5.47. The van der Waals surface area contributed by atoms with E-state index in [1.54, 1.807) is 24.3 Å². The van der Waals surface area contributed by atoms with Crippen LogP contribution in [0.25, 0.3) is 0 Å². The molecule has 8 heteroatoms. The van der Waals surface area contributed by atoms with Crippen molar-refractivity contribution in [3.8, 4) is 5.75 Å². The highest BCUT2D eigenvalue weighted by Gasteiger charge is 2.08. The second-order valence-corrected chi connectivity index (χ2v) is 5.47. The third kappa shape index (κ3) is 6.62. The average Bonchev–Trinajstić information content (AvgIpc) is 3.01. The highest BCUT2D eigenvalue weighted by molar-refractivity contribution is 5.90. The molecule has 0 aliphatic heterocycles. The molecule has 1 heterocycles. The first kappa shape index (κ1) is 18.4. The number of anilines is 1. The lowest BCUT2D eigenvalue weighted by Gasteiger charge is -2.07. The predicted octanol–water partition coefficient (Wildman–Crippen LogP) is 2.45. The maximum atomic E-state index is 12.0. The Morgan fingerprint density at radius 2 is 2.16 bits per heavy atom. The van der Waals surface area contributed by atoms with Gasteiger partial charge in [-0.2, -0.15) is 4.98 Å². The predicted molar refractivity (Wildman–Crippen MR) is 89.4 cm³/mol. The smallest absolute Gasteiger partial charge is 0.341 e. The zero-order valence-corrected chi connectivity index (χ0v) is 14.0. The Morgan fingerprint density at radius 3 is 2.92 bits per heavy atom. The number of aryl methyl sites for hydroxylation is 2. The van der Waals surface area contributed by atoms with Crippen LogP contribution in [0.4, 0.5) is 5.69 Å². The Labute approximate surface area is 145 Å². The lowest BCUT2D eigenvalue weighted by molar-refractivity contribution is -0.139. The SMILES string of the molecule is CCCc1noc(CCCC(=O)Nc2cccc(OCC(=O)O)c2)n1. The van der Waals surface area contributed by atoms with Gasteiger partial charge in [0.1, 0.15) is 5.75 Å². The molecule has 1 aromatic carbocycles. The molecule has 1 aromatic heterocycles. The van der Waals surface area contributed by atoms with Crippen molar-refractivity contribution in [2.24, 2.45) is 0 Å². The van der Waals surface area contributed by atoms with Crippen molar-refractivity contribution in [3.63, 3.8) is 0 Å². The van der Waals surface area contributed by atoms with E-state index in [1.165, 1.54) is 0 Å². The van der Waals surface area contributed by atoms with Crippen LogP contribution < -0.4 is 10.1 Å². The van der Waals surface area contributed by atoms with E-state index in [2.05, 4.69) is 15.5 Å². The molecule has 0 saturated heterocycles. The van der Waals surface area contributed by atoms with E-state index in [9.17, 15) is 9.59 Å². The Bertz CT molecular complexity index is 714. The number of rotatable bonds is 10. The zero-order chi connectivity index (χ0) is 18.1. The van der Waals surface area contributed by atoms with Crippen molar-refractivity contribution in [2.75, 3.05) is 11.9 Å². The standard InChI is InChI=1S/C17H21N3O5/c1-2-5-14-19-16(25-20-14)9-4-8-15(21)18-12-6-3-7-13(10-12)24-11-17(22)23/h3,6-7,10H,2,4-5,8-9,11H2,1H3,(H,18,21)(H,22,23). The van der Waals surface area contributed by atoms with Gasteiger partial charge in [0, 0.05) is 31.0 Å². The first-order valence-corrected chi connectivity index (χ1v) is 8.12. The number of hydrogen-bond acceptors (Lipinski definition) is 6. The molecule has 0 saturated carbocycles. The molecule has 134 valence electrons. The maximum absolute atomic E-state index is 12.0. The molecule has 0 fully saturated rings. The van der Waals surface area contributed by atoms with Crippen molar-refractivity contribution < 1.29 is 24.0 Å². The molecule has 1 amide bonds. The zero-order valence-electron chi connectivity index (χ0n) is 14.0. The fraction of sp³-hybridized carbons (Fsp3) is 0.412. The molecule has 0 aliphatic carbocycles. The molecule has 25 heavy (non-hydrogen) atoms. The number of carbonyl (C=O) groups is 2. The van der Waals surface area contributed by atoms with Crippen molar-refractivity contribution in [1.82, 2.24) is 10.1 Å². The normalized spacial score (nSPS) is 10.4. The second kappa shape index (κ2) is 9.41. The molecule has 0 atom stereocenters. The van der Waals surface area contributed by atoms with Crippen LogP contribution >= 0.6 is 0 Å². The highest BCUT2D eigenvalue weighted by Crippen LogP contribution is 2.17. The molecule has 8 nitrogen and oxygen atoms in total. The molecule has 0 unspecified atom stereocenters. The average molecular weight is 347 g/mol. The molecule has 0 aliphatic rings. The van der Waals surface area contributed by atoms with Crippen molar-refractivity contribution in [2.45, 2.75) is 39.0 Å². The molecular weight excluding hydrogens is 326 g/mol. The number of aliphatic carboxylic acids is 1. The molecule has 0 bridgehead atoms. The lowest BCUT2D eigenvalue weighted by Crippen LogP contribution is -2.12. The van der Waals surface area contributed by atoms with Gasteiger partial charge >= 0.3 is 5.97 Å². The molecule has 0 radical (unpaired) electrons. The lowest BCUT2D eigenvalue weighted by atomic mass is 10.2. The van der Waals surface area contributed by atoms with Crippen LogP contribution in [0.15, 0.2) is 28.8 Å². The minimum atomic E-state index is -1.06. The quantitative estimate of drug-likeness (QED) is 0.678. The number of hydrogen-bond donors (Lipinski definition) is 2. The summed E-state index contributed by atoms with van der Waals surface area (Å²) in [4.78, 5) is 26.7. The van der Waals surface area contributed by atoms with Gasteiger partial charge in [-0.25, -0.2) is 4.79 Å². The van der Waals surface area contributed by atoms with E-state index in [0.29, 0.717) is 42.4 Å². The summed E-state index contributed by atoms with van der Waals surface area (Å²) < 4.78 is 10.2. The van der Waals surface area contributed by atoms with Gasteiger partial charge in [0.25, 0.3) is 0 Å². The monoisotopic (exact) mass is 347 g/mol. The van der Waals surface area contributed by atoms with Crippen LogP contribution in [-0.4, -0.2) is 33.7 Å². The summed E-state index contributed by atoms with van der Waals surface area (Å²) in [6.45, 7) is 1.61. The van der Waals surface area contributed by atoms with Crippen LogP contribution in [0.2, 0.25) is 0 Å². The minimum absolute atomic E-state index is 0.149. The number of carboxylic acids is 1. The molecule has 2 N–H and O–H groups in total. The summed E-state index contributed by atoms with van der Waals surface area (Å²) in [5.74, 6) is 0.413. The van der Waals surface area contributed by atoms with Gasteiger partial charge in [-0.05, 0) is 25.0 Å². The fourth-order valence-corrected chi connectivity index (χ4v) is 2.15. The van der Waals surface area contributed by atoms with Crippen LogP contribution in [0, 0.1) is 0 Å². The Kier molecular flexibility index (Phi) is 6.94. The molecule has 2 aromatic rings. The van der Waals surface area contributed by atoms with E-state index < -0.39 is 12.6 Å². The Morgan fingerprint density at radius 1 is 1.32 bits per heavy atom. The van der Waals surface area contributed by atoms with Crippen LogP contribution in [-0.2, 0) is 22.4 Å². The van der Waals surface area contributed by atoms with Crippen molar-refractivity contribution in [3.05, 3.63) is 36.0 Å². The van der Waals surface area contributed by atoms with E-state index in [1.807, 2.05) is 6.92 Å². The summed E-state index contributed by atoms with van der Waals surface area (Å²) in [6, 6.07) is 6.60. The Balaban J connectivity index is 1.75. The largest absolute Gasteiger partial charge is 0.482 e. The number of benzene rings is 1. The molecule has 0 spiro atoms. The first-order chi connectivity index (χ1) is 12.1. The summed E-state index contributed by atoms with van der Waals surface area (Å²) >= 11 is 0. The van der Waals surface area contributed by atoms with E-state index in [0.717, 1.165) is 12.8 Å². The van der Waals surface area contributed by atoms with Crippen LogP contribution in [0.1, 0.15) is 37.9 Å². The first-order valence-electron chi connectivity index (χ1n) is 8.12.